The van der Waals surface area contributed by atoms with Crippen LogP contribution in [0.15, 0.2) is 47.4 Å². The van der Waals surface area contributed by atoms with Crippen LogP contribution >= 0.6 is 11.6 Å². The van der Waals surface area contributed by atoms with E-state index < -0.39 is 10.0 Å². The maximum atomic E-state index is 12.4. The Hall–Kier alpha value is -1.89. The largest absolute Gasteiger partial charge is 0.348 e. The SMILES string of the molecule is Cc1ccccc1CNC(=O)c1ccc(Cl)c(S(=O)(=O)NC2CC2)c1. The number of rotatable bonds is 6. The Morgan fingerprint density at radius 3 is 2.60 bits per heavy atom. The van der Waals surface area contributed by atoms with Crippen LogP contribution < -0.4 is 10.0 Å². The Bertz CT molecular complexity index is 908. The van der Waals surface area contributed by atoms with Crippen molar-refractivity contribution in [3.63, 3.8) is 0 Å². The molecule has 0 atom stereocenters. The predicted octanol–water partition coefficient (Wildman–Crippen LogP) is 3.02. The number of aryl methyl sites for hydroxylation is 1. The fourth-order valence-electron chi connectivity index (χ4n) is 2.42. The standard InChI is InChI=1S/C18H19ClN2O3S/c1-12-4-2-3-5-14(12)11-20-18(22)13-6-9-16(19)17(10-13)25(23,24)21-15-7-8-15/h2-6,9-10,15,21H,7-8,11H2,1H3,(H,20,22). The van der Waals surface area contributed by atoms with Crippen LogP contribution in [0.2, 0.25) is 5.02 Å². The van der Waals surface area contributed by atoms with Crippen molar-refractivity contribution in [2.75, 3.05) is 0 Å². The highest BCUT2D eigenvalue weighted by Crippen LogP contribution is 2.26. The van der Waals surface area contributed by atoms with E-state index in [9.17, 15) is 13.2 Å². The first-order valence-corrected chi connectivity index (χ1v) is 9.87. The summed E-state index contributed by atoms with van der Waals surface area (Å²) in [4.78, 5) is 12.3. The lowest BCUT2D eigenvalue weighted by Gasteiger charge is -2.11. The highest BCUT2D eigenvalue weighted by atomic mass is 35.5. The zero-order chi connectivity index (χ0) is 18.0. The number of halogens is 1. The van der Waals surface area contributed by atoms with E-state index in [1.54, 1.807) is 0 Å². The van der Waals surface area contributed by atoms with Crippen LogP contribution in [0.5, 0.6) is 0 Å². The highest BCUT2D eigenvalue weighted by molar-refractivity contribution is 7.89. The van der Waals surface area contributed by atoms with Crippen LogP contribution in [0.3, 0.4) is 0 Å². The first kappa shape index (κ1) is 17.9. The van der Waals surface area contributed by atoms with E-state index in [1.807, 2.05) is 31.2 Å². The molecule has 0 aliphatic heterocycles. The third-order valence-electron chi connectivity index (χ3n) is 4.08. The van der Waals surface area contributed by atoms with Crippen molar-refractivity contribution in [1.82, 2.24) is 10.0 Å². The minimum Gasteiger partial charge on any atom is -0.348 e. The summed E-state index contributed by atoms with van der Waals surface area (Å²) < 4.78 is 27.3. The number of benzene rings is 2. The minimum atomic E-state index is -3.72. The van der Waals surface area contributed by atoms with Gasteiger partial charge in [0.25, 0.3) is 5.91 Å². The Morgan fingerprint density at radius 1 is 1.20 bits per heavy atom. The van der Waals surface area contributed by atoms with Gasteiger partial charge in [-0.1, -0.05) is 35.9 Å². The number of sulfonamides is 1. The van der Waals surface area contributed by atoms with Crippen molar-refractivity contribution < 1.29 is 13.2 Å². The number of hydrogen-bond donors (Lipinski definition) is 2. The number of nitrogens with one attached hydrogen (secondary N) is 2. The molecule has 2 N–H and O–H groups in total. The molecular formula is C18H19ClN2O3S. The van der Waals surface area contributed by atoms with Gasteiger partial charge in [-0.2, -0.15) is 0 Å². The number of carbonyl (C=O) groups excluding carboxylic acids is 1. The first-order valence-electron chi connectivity index (χ1n) is 8.01. The van der Waals surface area contributed by atoms with E-state index in [0.29, 0.717) is 6.54 Å². The lowest BCUT2D eigenvalue weighted by Crippen LogP contribution is -2.27. The van der Waals surface area contributed by atoms with Crippen molar-refractivity contribution in [3.8, 4) is 0 Å². The molecule has 25 heavy (non-hydrogen) atoms. The lowest BCUT2D eigenvalue weighted by molar-refractivity contribution is 0.0950. The predicted molar refractivity (Wildman–Crippen MR) is 97.1 cm³/mol. The topological polar surface area (TPSA) is 75.3 Å². The smallest absolute Gasteiger partial charge is 0.251 e. The molecule has 132 valence electrons. The second-order valence-electron chi connectivity index (χ2n) is 6.15. The number of carbonyl (C=O) groups is 1. The summed E-state index contributed by atoms with van der Waals surface area (Å²) in [7, 11) is -3.72. The van der Waals surface area contributed by atoms with E-state index in [2.05, 4.69) is 10.0 Å². The number of hydrogen-bond acceptors (Lipinski definition) is 3. The molecule has 5 nitrogen and oxygen atoms in total. The van der Waals surface area contributed by atoms with Gasteiger partial charge in [0.05, 0.1) is 5.02 Å². The van der Waals surface area contributed by atoms with Crippen molar-refractivity contribution in [2.24, 2.45) is 0 Å². The van der Waals surface area contributed by atoms with Gasteiger partial charge in [0.1, 0.15) is 4.90 Å². The zero-order valence-corrected chi connectivity index (χ0v) is 15.3. The molecule has 7 heteroatoms. The van der Waals surface area contributed by atoms with Gasteiger partial charge in [-0.25, -0.2) is 13.1 Å². The highest BCUT2D eigenvalue weighted by Gasteiger charge is 2.29. The molecule has 0 aromatic heterocycles. The lowest BCUT2D eigenvalue weighted by atomic mass is 10.1. The molecule has 2 aromatic carbocycles. The Labute approximate surface area is 152 Å². The summed E-state index contributed by atoms with van der Waals surface area (Å²) in [6, 6.07) is 12.0. The Kier molecular flexibility index (Phi) is 5.13. The van der Waals surface area contributed by atoms with Gasteiger partial charge in [0.2, 0.25) is 10.0 Å². The van der Waals surface area contributed by atoms with E-state index >= 15 is 0 Å². The third kappa shape index (κ3) is 4.39. The van der Waals surface area contributed by atoms with Crippen molar-refractivity contribution in [3.05, 3.63) is 64.2 Å². The molecule has 0 radical (unpaired) electrons. The molecule has 2 aromatic rings. The van der Waals surface area contributed by atoms with Gasteiger partial charge in [0.15, 0.2) is 0 Å². The molecule has 0 unspecified atom stereocenters. The van der Waals surface area contributed by atoms with Gasteiger partial charge in [0, 0.05) is 18.2 Å². The van der Waals surface area contributed by atoms with Crippen LogP contribution in [-0.4, -0.2) is 20.4 Å². The van der Waals surface area contributed by atoms with Crippen LogP contribution in [0.1, 0.15) is 34.3 Å². The van der Waals surface area contributed by atoms with E-state index in [0.717, 1.165) is 24.0 Å². The Balaban J connectivity index is 1.77. The maximum absolute atomic E-state index is 12.4. The first-order chi connectivity index (χ1) is 11.9. The number of amides is 1. The van der Waals surface area contributed by atoms with Crippen LogP contribution in [0.4, 0.5) is 0 Å². The summed E-state index contributed by atoms with van der Waals surface area (Å²) >= 11 is 6.03. The van der Waals surface area contributed by atoms with Crippen molar-refractivity contribution in [1.29, 1.82) is 0 Å². The summed E-state index contributed by atoms with van der Waals surface area (Å²) in [6.07, 6.45) is 1.65. The minimum absolute atomic E-state index is 0.0281. The zero-order valence-electron chi connectivity index (χ0n) is 13.8. The molecule has 1 amide bonds. The fourth-order valence-corrected chi connectivity index (χ4v) is 4.25. The average molecular weight is 379 g/mol. The molecule has 3 rings (SSSR count). The van der Waals surface area contributed by atoms with Gasteiger partial charge in [-0.3, -0.25) is 4.79 Å². The van der Waals surface area contributed by atoms with Crippen LogP contribution in [0, 0.1) is 6.92 Å². The van der Waals surface area contributed by atoms with E-state index in [-0.39, 0.29) is 27.4 Å². The molecule has 1 saturated carbocycles. The van der Waals surface area contributed by atoms with Gasteiger partial charge in [-0.05, 0) is 49.1 Å². The normalized spacial score (nSPS) is 14.3. The molecule has 0 heterocycles. The molecule has 1 aliphatic rings. The van der Waals surface area contributed by atoms with Crippen LogP contribution in [-0.2, 0) is 16.6 Å². The summed E-state index contributed by atoms with van der Waals surface area (Å²) in [5, 5.41) is 2.91. The Morgan fingerprint density at radius 2 is 1.92 bits per heavy atom. The second-order valence-corrected chi connectivity index (χ2v) is 8.24. The molecule has 0 saturated heterocycles. The summed E-state index contributed by atoms with van der Waals surface area (Å²) in [6.45, 7) is 2.34. The monoisotopic (exact) mass is 378 g/mol. The summed E-state index contributed by atoms with van der Waals surface area (Å²) in [5.41, 5.74) is 2.35. The third-order valence-corrected chi connectivity index (χ3v) is 6.08. The molecule has 0 spiro atoms. The quantitative estimate of drug-likeness (QED) is 0.811. The molecular weight excluding hydrogens is 360 g/mol. The molecule has 0 bridgehead atoms. The maximum Gasteiger partial charge on any atom is 0.251 e. The van der Waals surface area contributed by atoms with Crippen molar-refractivity contribution >= 4 is 27.5 Å². The van der Waals surface area contributed by atoms with Gasteiger partial charge in [-0.15, -0.1) is 0 Å². The van der Waals surface area contributed by atoms with Gasteiger partial charge < -0.3 is 5.32 Å². The average Bonchev–Trinajstić information content (AvgIpc) is 3.37. The molecule has 1 fully saturated rings. The summed E-state index contributed by atoms with van der Waals surface area (Å²) in [5.74, 6) is -0.345. The van der Waals surface area contributed by atoms with Crippen LogP contribution in [0.25, 0.3) is 0 Å². The van der Waals surface area contributed by atoms with E-state index in [4.69, 9.17) is 11.6 Å². The van der Waals surface area contributed by atoms with E-state index in [1.165, 1.54) is 18.2 Å². The van der Waals surface area contributed by atoms with Gasteiger partial charge >= 0.3 is 0 Å². The fraction of sp³-hybridized carbons (Fsp3) is 0.278. The molecule has 1 aliphatic carbocycles. The van der Waals surface area contributed by atoms with Crippen molar-refractivity contribution in [2.45, 2.75) is 37.2 Å². The second kappa shape index (κ2) is 7.15.